The number of thioether (sulfide) groups is 1. The summed E-state index contributed by atoms with van der Waals surface area (Å²) in [5, 5.41) is 1.70. The molecule has 0 aromatic heterocycles. The van der Waals surface area contributed by atoms with E-state index >= 15 is 0 Å². The van der Waals surface area contributed by atoms with E-state index in [0.29, 0.717) is 25.7 Å². The number of ether oxygens (including phenoxy) is 3. The molecule has 2 aromatic rings. The molecule has 1 aliphatic carbocycles. The third-order valence-electron chi connectivity index (χ3n) is 5.10. The smallest absolute Gasteiger partial charge is 0.286 e. The molecule has 1 N–H and O–H groups in total. The third kappa shape index (κ3) is 3.12. The Morgan fingerprint density at radius 3 is 2.63 bits per heavy atom. The van der Waals surface area contributed by atoms with E-state index in [1.165, 1.54) is 11.1 Å². The highest BCUT2D eigenvalue weighted by atomic mass is 32.2. The van der Waals surface area contributed by atoms with Crippen molar-refractivity contribution in [3.05, 3.63) is 53.1 Å². The molecule has 27 heavy (non-hydrogen) atoms. The van der Waals surface area contributed by atoms with Crippen LogP contribution in [-0.4, -0.2) is 29.8 Å². The van der Waals surface area contributed by atoms with Crippen LogP contribution in [0, 0.1) is 0 Å². The van der Waals surface area contributed by atoms with E-state index in [9.17, 15) is 9.59 Å². The van der Waals surface area contributed by atoms with Crippen molar-refractivity contribution in [1.82, 2.24) is 5.32 Å². The molecule has 2 unspecified atom stereocenters. The molecule has 2 aromatic carbocycles. The van der Waals surface area contributed by atoms with E-state index in [-0.39, 0.29) is 16.4 Å². The lowest BCUT2D eigenvalue weighted by Crippen LogP contribution is -2.25. The molecule has 6 nitrogen and oxygen atoms in total. The van der Waals surface area contributed by atoms with Crippen LogP contribution in [0.1, 0.15) is 22.6 Å². The molecule has 1 saturated heterocycles. The summed E-state index contributed by atoms with van der Waals surface area (Å²) in [7, 11) is 0. The van der Waals surface area contributed by atoms with Crippen molar-refractivity contribution in [1.29, 1.82) is 0 Å². The molecule has 2 atom stereocenters. The van der Waals surface area contributed by atoms with Crippen molar-refractivity contribution in [3.63, 3.8) is 0 Å². The summed E-state index contributed by atoms with van der Waals surface area (Å²) < 4.78 is 16.8. The largest absolute Gasteiger partial charge is 0.493 e. The zero-order valence-electron chi connectivity index (χ0n) is 14.4. The van der Waals surface area contributed by atoms with Gasteiger partial charge in [0, 0.05) is 5.92 Å². The molecule has 5 rings (SSSR count). The lowest BCUT2D eigenvalue weighted by molar-refractivity contribution is -0.118. The molecule has 0 spiro atoms. The molecule has 0 bridgehead atoms. The number of nitrogens with one attached hydrogen (secondary N) is 1. The maximum Gasteiger partial charge on any atom is 0.286 e. The first-order chi connectivity index (χ1) is 13.2. The zero-order valence-corrected chi connectivity index (χ0v) is 15.2. The summed E-state index contributed by atoms with van der Waals surface area (Å²) in [6.07, 6.45) is 1.51. The Morgan fingerprint density at radius 2 is 1.89 bits per heavy atom. The van der Waals surface area contributed by atoms with Gasteiger partial charge in [0.15, 0.2) is 11.5 Å². The first kappa shape index (κ1) is 16.5. The van der Waals surface area contributed by atoms with Crippen molar-refractivity contribution in [2.45, 2.75) is 24.0 Å². The maximum atomic E-state index is 11.7. The molecular weight excluding hydrogens is 366 g/mol. The van der Waals surface area contributed by atoms with Crippen LogP contribution in [0.4, 0.5) is 4.79 Å². The van der Waals surface area contributed by atoms with Gasteiger partial charge in [-0.2, -0.15) is 0 Å². The molecule has 0 radical (unpaired) electrons. The zero-order chi connectivity index (χ0) is 18.4. The van der Waals surface area contributed by atoms with Gasteiger partial charge < -0.3 is 14.2 Å². The Kier molecular flexibility index (Phi) is 3.97. The quantitative estimate of drug-likeness (QED) is 0.856. The number of hydrogen-bond donors (Lipinski definition) is 1. The molecule has 2 heterocycles. The van der Waals surface area contributed by atoms with Crippen LogP contribution >= 0.6 is 11.8 Å². The van der Waals surface area contributed by atoms with Crippen LogP contribution in [0.25, 0.3) is 0 Å². The number of amides is 2. The molecule has 7 heteroatoms. The van der Waals surface area contributed by atoms with Crippen LogP contribution in [0.5, 0.6) is 17.2 Å². The minimum Gasteiger partial charge on any atom is -0.493 e. The second-order valence-electron chi connectivity index (χ2n) is 6.85. The Labute approximate surface area is 160 Å². The molecule has 138 valence electrons. The van der Waals surface area contributed by atoms with Gasteiger partial charge in [0.25, 0.3) is 5.24 Å². The van der Waals surface area contributed by atoms with Crippen LogP contribution < -0.4 is 19.5 Å². The third-order valence-corrected chi connectivity index (χ3v) is 6.08. The lowest BCUT2D eigenvalue weighted by Gasteiger charge is -2.30. The number of carbonyl (C=O) groups is 2. The first-order valence-electron chi connectivity index (χ1n) is 8.81. The number of rotatable bonds is 5. The molecule has 1 fully saturated rings. The Hall–Kier alpha value is -2.67. The Morgan fingerprint density at radius 1 is 1.11 bits per heavy atom. The van der Waals surface area contributed by atoms with E-state index in [1.807, 2.05) is 24.3 Å². The number of hydrogen-bond acceptors (Lipinski definition) is 6. The van der Waals surface area contributed by atoms with E-state index in [0.717, 1.165) is 41.0 Å². The number of benzene rings is 2. The first-order valence-corrected chi connectivity index (χ1v) is 9.69. The monoisotopic (exact) mass is 383 g/mol. The molecule has 0 saturated carbocycles. The predicted molar refractivity (Wildman–Crippen MR) is 99.6 cm³/mol. The van der Waals surface area contributed by atoms with Gasteiger partial charge in [-0.05, 0) is 53.8 Å². The fourth-order valence-electron chi connectivity index (χ4n) is 3.61. The number of fused-ring (bicyclic) bond motifs is 2. The Bertz CT molecular complexity index is 927. The van der Waals surface area contributed by atoms with Crippen molar-refractivity contribution in [3.8, 4) is 17.2 Å². The molecule has 2 amide bonds. The summed E-state index contributed by atoms with van der Waals surface area (Å²) in [5.74, 6) is 2.59. The van der Waals surface area contributed by atoms with Gasteiger partial charge in [0.1, 0.15) is 5.75 Å². The second-order valence-corrected chi connectivity index (χ2v) is 8.02. The van der Waals surface area contributed by atoms with E-state index in [2.05, 4.69) is 17.4 Å². The van der Waals surface area contributed by atoms with Gasteiger partial charge in [-0.3, -0.25) is 14.9 Å². The maximum absolute atomic E-state index is 11.7. The highest BCUT2D eigenvalue weighted by Gasteiger charge is 2.32. The van der Waals surface area contributed by atoms with Crippen molar-refractivity contribution >= 4 is 22.9 Å². The van der Waals surface area contributed by atoms with E-state index in [4.69, 9.17) is 14.2 Å². The van der Waals surface area contributed by atoms with Crippen molar-refractivity contribution in [2.24, 2.45) is 0 Å². The second kappa shape index (κ2) is 6.49. The van der Waals surface area contributed by atoms with Crippen molar-refractivity contribution in [2.75, 3.05) is 13.4 Å². The lowest BCUT2D eigenvalue weighted by atomic mass is 9.78. The highest BCUT2D eigenvalue weighted by Crippen LogP contribution is 2.44. The molecular formula is C20H17NO5S. The normalized spacial score (nSPS) is 22.2. The summed E-state index contributed by atoms with van der Waals surface area (Å²) in [6.45, 7) is 0.905. The van der Waals surface area contributed by atoms with E-state index in [1.54, 1.807) is 0 Å². The fraction of sp³-hybridized carbons (Fsp3) is 0.300. The van der Waals surface area contributed by atoms with Crippen molar-refractivity contribution < 1.29 is 23.8 Å². The summed E-state index contributed by atoms with van der Waals surface area (Å²) >= 11 is 1.05. The van der Waals surface area contributed by atoms with E-state index < -0.39 is 0 Å². The molecule has 2 aliphatic heterocycles. The number of imide groups is 1. The topological polar surface area (TPSA) is 73.9 Å². The minimum absolute atomic E-state index is 0.213. The minimum atomic E-state index is -0.344. The standard InChI is InChI=1S/C20H17NO5S/c22-19-18(27-20(23)21-19)5-11-1-3-14(4-2-11)24-9-13-6-12-7-16-17(8-15(12)13)26-10-25-16/h1-4,7-8,13,18H,5-6,9-10H2,(H,21,22,23). The summed E-state index contributed by atoms with van der Waals surface area (Å²) in [4.78, 5) is 22.9. The Balaban J connectivity index is 1.18. The van der Waals surface area contributed by atoms with Gasteiger partial charge in [-0.1, -0.05) is 23.9 Å². The predicted octanol–water partition coefficient (Wildman–Crippen LogP) is 3.03. The van der Waals surface area contributed by atoms with Gasteiger partial charge in [0.05, 0.1) is 11.9 Å². The van der Waals surface area contributed by atoms with Gasteiger partial charge >= 0.3 is 0 Å². The summed E-state index contributed by atoms with van der Waals surface area (Å²) in [5.41, 5.74) is 3.57. The van der Waals surface area contributed by atoms with Gasteiger partial charge in [-0.15, -0.1) is 0 Å². The van der Waals surface area contributed by atoms with Crippen LogP contribution in [0.3, 0.4) is 0 Å². The number of carbonyl (C=O) groups excluding carboxylic acids is 2. The SMILES string of the molecule is O=C1NC(=O)C(Cc2ccc(OCC3Cc4cc5c(cc43)OCO5)cc2)S1. The fourth-order valence-corrected chi connectivity index (χ4v) is 4.47. The van der Waals surface area contributed by atoms with Crippen LogP contribution in [-0.2, 0) is 17.6 Å². The van der Waals surface area contributed by atoms with Crippen LogP contribution in [0.2, 0.25) is 0 Å². The average Bonchev–Trinajstić information content (AvgIpc) is 3.22. The van der Waals surface area contributed by atoms with Gasteiger partial charge in [0.2, 0.25) is 12.7 Å². The summed E-state index contributed by atoms with van der Waals surface area (Å²) in [6, 6.07) is 11.8. The van der Waals surface area contributed by atoms with Crippen LogP contribution in [0.15, 0.2) is 36.4 Å². The molecule has 3 aliphatic rings. The highest BCUT2D eigenvalue weighted by molar-refractivity contribution is 8.15. The average molecular weight is 383 g/mol. The van der Waals surface area contributed by atoms with Gasteiger partial charge in [-0.25, -0.2) is 0 Å².